The standard InChI is InChI=1S/C16H17NO4S/c1-12-6-5-9-14(10-12)22(20,21)17-15(16(18)19)11-13-7-3-2-4-8-13/h2-10,15,17H,11H2,1H3,(H,18,19). The van der Waals surface area contributed by atoms with Gasteiger partial charge in [-0.2, -0.15) is 4.72 Å². The normalized spacial score (nSPS) is 12.8. The molecule has 1 unspecified atom stereocenters. The van der Waals surface area contributed by atoms with Crippen molar-refractivity contribution in [3.8, 4) is 0 Å². The van der Waals surface area contributed by atoms with Gasteiger partial charge in [0, 0.05) is 0 Å². The van der Waals surface area contributed by atoms with Gasteiger partial charge in [-0.05, 0) is 36.6 Å². The molecule has 2 N–H and O–H groups in total. The Bertz CT molecular complexity index is 757. The summed E-state index contributed by atoms with van der Waals surface area (Å²) in [7, 11) is -3.88. The molecule has 2 aromatic rings. The van der Waals surface area contributed by atoms with E-state index in [2.05, 4.69) is 4.72 Å². The topological polar surface area (TPSA) is 83.5 Å². The van der Waals surface area contributed by atoms with E-state index in [-0.39, 0.29) is 11.3 Å². The van der Waals surface area contributed by atoms with Crippen LogP contribution in [0.2, 0.25) is 0 Å². The van der Waals surface area contributed by atoms with Gasteiger partial charge < -0.3 is 5.11 Å². The Morgan fingerprint density at radius 2 is 1.82 bits per heavy atom. The van der Waals surface area contributed by atoms with E-state index < -0.39 is 22.0 Å². The summed E-state index contributed by atoms with van der Waals surface area (Å²) in [6, 6.07) is 14.0. The van der Waals surface area contributed by atoms with Crippen LogP contribution in [-0.2, 0) is 21.2 Å². The summed E-state index contributed by atoms with van der Waals surface area (Å²) in [6.07, 6.45) is 0.0845. The van der Waals surface area contributed by atoms with E-state index in [9.17, 15) is 18.3 Å². The second-order valence-corrected chi connectivity index (χ2v) is 6.73. The number of carboxylic acids is 1. The fourth-order valence-electron chi connectivity index (χ4n) is 2.07. The van der Waals surface area contributed by atoms with Crippen molar-refractivity contribution >= 4 is 16.0 Å². The zero-order valence-corrected chi connectivity index (χ0v) is 12.9. The first-order chi connectivity index (χ1) is 10.4. The molecule has 116 valence electrons. The van der Waals surface area contributed by atoms with Crippen molar-refractivity contribution in [1.29, 1.82) is 0 Å². The molecule has 2 aromatic carbocycles. The maximum atomic E-state index is 12.3. The van der Waals surface area contributed by atoms with Gasteiger partial charge >= 0.3 is 5.97 Å². The van der Waals surface area contributed by atoms with Crippen LogP contribution in [0.5, 0.6) is 0 Å². The van der Waals surface area contributed by atoms with E-state index in [1.807, 2.05) is 6.07 Å². The number of aryl methyl sites for hydroxylation is 1. The Morgan fingerprint density at radius 3 is 2.41 bits per heavy atom. The molecule has 0 saturated heterocycles. The number of rotatable bonds is 6. The minimum atomic E-state index is -3.88. The van der Waals surface area contributed by atoms with Crippen molar-refractivity contribution in [2.45, 2.75) is 24.3 Å². The second kappa shape index (κ2) is 6.72. The Morgan fingerprint density at radius 1 is 1.14 bits per heavy atom. The summed E-state index contributed by atoms with van der Waals surface area (Å²) < 4.78 is 26.9. The van der Waals surface area contributed by atoms with Crippen LogP contribution in [-0.4, -0.2) is 25.5 Å². The molecule has 0 heterocycles. The number of sulfonamides is 1. The molecular weight excluding hydrogens is 302 g/mol. The number of carbonyl (C=O) groups is 1. The minimum Gasteiger partial charge on any atom is -0.480 e. The Hall–Kier alpha value is -2.18. The van der Waals surface area contributed by atoms with Gasteiger partial charge in [0.05, 0.1) is 4.90 Å². The molecule has 6 heteroatoms. The van der Waals surface area contributed by atoms with Crippen LogP contribution < -0.4 is 4.72 Å². The molecule has 2 rings (SSSR count). The van der Waals surface area contributed by atoms with Gasteiger partial charge in [0.1, 0.15) is 6.04 Å². The maximum absolute atomic E-state index is 12.3. The van der Waals surface area contributed by atoms with Crippen LogP contribution in [0.3, 0.4) is 0 Å². The number of hydrogen-bond acceptors (Lipinski definition) is 3. The first kappa shape index (κ1) is 16.2. The molecule has 1 atom stereocenters. The quantitative estimate of drug-likeness (QED) is 0.852. The molecule has 0 bridgehead atoms. The van der Waals surface area contributed by atoms with Crippen molar-refractivity contribution in [3.05, 3.63) is 65.7 Å². The Balaban J connectivity index is 2.22. The zero-order valence-electron chi connectivity index (χ0n) is 12.1. The maximum Gasteiger partial charge on any atom is 0.322 e. The van der Waals surface area contributed by atoms with Crippen LogP contribution in [0, 0.1) is 6.92 Å². The van der Waals surface area contributed by atoms with Gasteiger partial charge in [-0.15, -0.1) is 0 Å². The summed E-state index contributed by atoms with van der Waals surface area (Å²) in [5.74, 6) is -1.21. The highest BCUT2D eigenvalue weighted by atomic mass is 32.2. The smallest absolute Gasteiger partial charge is 0.322 e. The average Bonchev–Trinajstić information content (AvgIpc) is 2.47. The van der Waals surface area contributed by atoms with E-state index in [1.54, 1.807) is 43.3 Å². The molecule has 0 fully saturated rings. The molecule has 0 aliphatic rings. The first-order valence-corrected chi connectivity index (χ1v) is 8.22. The number of benzene rings is 2. The first-order valence-electron chi connectivity index (χ1n) is 6.74. The van der Waals surface area contributed by atoms with Crippen molar-refractivity contribution in [1.82, 2.24) is 4.72 Å². The molecule has 0 spiro atoms. The van der Waals surface area contributed by atoms with Crippen LogP contribution >= 0.6 is 0 Å². The molecule has 0 aromatic heterocycles. The number of aliphatic carboxylic acids is 1. The fraction of sp³-hybridized carbons (Fsp3) is 0.188. The van der Waals surface area contributed by atoms with Crippen LogP contribution in [0.1, 0.15) is 11.1 Å². The lowest BCUT2D eigenvalue weighted by atomic mass is 10.1. The highest BCUT2D eigenvalue weighted by Crippen LogP contribution is 2.13. The molecule has 5 nitrogen and oxygen atoms in total. The van der Waals surface area contributed by atoms with Crippen LogP contribution in [0.15, 0.2) is 59.5 Å². The lowest BCUT2D eigenvalue weighted by molar-refractivity contribution is -0.138. The second-order valence-electron chi connectivity index (χ2n) is 5.02. The van der Waals surface area contributed by atoms with Gasteiger partial charge in [-0.25, -0.2) is 8.42 Å². The summed E-state index contributed by atoms with van der Waals surface area (Å²) in [5.41, 5.74) is 1.54. The highest BCUT2D eigenvalue weighted by molar-refractivity contribution is 7.89. The number of hydrogen-bond donors (Lipinski definition) is 2. The highest BCUT2D eigenvalue weighted by Gasteiger charge is 2.25. The molecule has 22 heavy (non-hydrogen) atoms. The largest absolute Gasteiger partial charge is 0.480 e. The number of carboxylic acid groups (broad SMARTS) is 1. The summed E-state index contributed by atoms with van der Waals surface area (Å²) in [4.78, 5) is 11.4. The van der Waals surface area contributed by atoms with Crippen molar-refractivity contribution in [2.24, 2.45) is 0 Å². The third-order valence-electron chi connectivity index (χ3n) is 3.18. The lowest BCUT2D eigenvalue weighted by Gasteiger charge is -2.15. The summed E-state index contributed by atoms with van der Waals surface area (Å²) >= 11 is 0. The number of nitrogens with one attached hydrogen (secondary N) is 1. The Kier molecular flexibility index (Phi) is 4.95. The minimum absolute atomic E-state index is 0.0619. The molecular formula is C16H17NO4S. The Labute approximate surface area is 129 Å². The third kappa shape index (κ3) is 4.16. The SMILES string of the molecule is Cc1cccc(S(=O)(=O)NC(Cc2ccccc2)C(=O)O)c1. The summed E-state index contributed by atoms with van der Waals surface area (Å²) in [6.45, 7) is 1.78. The van der Waals surface area contributed by atoms with E-state index in [1.165, 1.54) is 12.1 Å². The van der Waals surface area contributed by atoms with Gasteiger partial charge in [-0.1, -0.05) is 42.5 Å². The van der Waals surface area contributed by atoms with Gasteiger partial charge in [0.15, 0.2) is 0 Å². The van der Waals surface area contributed by atoms with Gasteiger partial charge in [0.2, 0.25) is 10.0 Å². The van der Waals surface area contributed by atoms with Gasteiger partial charge in [-0.3, -0.25) is 4.79 Å². The van der Waals surface area contributed by atoms with E-state index in [0.717, 1.165) is 11.1 Å². The average molecular weight is 319 g/mol. The predicted octanol–water partition coefficient (Wildman–Crippen LogP) is 1.97. The third-order valence-corrected chi connectivity index (χ3v) is 4.65. The molecule has 0 aliphatic heterocycles. The molecule has 0 amide bonds. The van der Waals surface area contributed by atoms with Crippen LogP contribution in [0.4, 0.5) is 0 Å². The molecule has 0 radical (unpaired) electrons. The monoisotopic (exact) mass is 319 g/mol. The van der Waals surface area contributed by atoms with Gasteiger partial charge in [0.25, 0.3) is 0 Å². The summed E-state index contributed by atoms with van der Waals surface area (Å²) in [5, 5.41) is 9.27. The van der Waals surface area contributed by atoms with E-state index in [0.29, 0.717) is 0 Å². The molecule has 0 aliphatic carbocycles. The van der Waals surface area contributed by atoms with Crippen molar-refractivity contribution in [2.75, 3.05) is 0 Å². The van der Waals surface area contributed by atoms with Crippen molar-refractivity contribution < 1.29 is 18.3 Å². The van der Waals surface area contributed by atoms with E-state index in [4.69, 9.17) is 0 Å². The zero-order chi connectivity index (χ0) is 16.2. The molecule has 0 saturated carbocycles. The fourth-order valence-corrected chi connectivity index (χ4v) is 3.36. The van der Waals surface area contributed by atoms with E-state index >= 15 is 0 Å². The predicted molar refractivity (Wildman–Crippen MR) is 83.1 cm³/mol. The van der Waals surface area contributed by atoms with Crippen molar-refractivity contribution in [3.63, 3.8) is 0 Å². The lowest BCUT2D eigenvalue weighted by Crippen LogP contribution is -2.42. The van der Waals surface area contributed by atoms with Crippen LogP contribution in [0.25, 0.3) is 0 Å².